The maximum absolute atomic E-state index is 13.3. The van der Waals surface area contributed by atoms with Gasteiger partial charge in [-0.25, -0.2) is 19.6 Å². The predicted molar refractivity (Wildman–Crippen MR) is 79.6 cm³/mol. The third-order valence-corrected chi connectivity index (χ3v) is 3.71. The largest absolute Gasteiger partial charge is 0.339 e. The summed E-state index contributed by atoms with van der Waals surface area (Å²) in [5.41, 5.74) is 2.64. The van der Waals surface area contributed by atoms with Gasteiger partial charge in [0.1, 0.15) is 22.3 Å². The van der Waals surface area contributed by atoms with Crippen LogP contribution in [-0.4, -0.2) is 9.97 Å². The van der Waals surface area contributed by atoms with Crippen molar-refractivity contribution in [1.82, 2.24) is 9.97 Å². The van der Waals surface area contributed by atoms with Crippen molar-refractivity contribution in [3.05, 3.63) is 40.8 Å². The Labute approximate surface area is 122 Å². The summed E-state index contributed by atoms with van der Waals surface area (Å²) in [6.07, 6.45) is 0. The number of hydrogen-bond donors (Lipinski definition) is 3. The Hall–Kier alpha value is -2.32. The zero-order chi connectivity index (χ0) is 15.0. The maximum Gasteiger partial charge on any atom is 0.240 e. The highest BCUT2D eigenvalue weighted by Gasteiger charge is 2.11. The molecule has 0 saturated carbocycles. The molecule has 0 aliphatic rings. The van der Waals surface area contributed by atoms with Crippen LogP contribution in [0.2, 0.25) is 0 Å². The van der Waals surface area contributed by atoms with Gasteiger partial charge in [-0.05, 0) is 25.1 Å². The van der Waals surface area contributed by atoms with Crippen LogP contribution in [0.25, 0.3) is 10.2 Å². The third-order valence-electron chi connectivity index (χ3n) is 2.77. The van der Waals surface area contributed by atoms with E-state index in [1.165, 1.54) is 23.5 Å². The molecule has 21 heavy (non-hydrogen) atoms. The number of halogens is 2. The van der Waals surface area contributed by atoms with Crippen LogP contribution in [0.3, 0.4) is 0 Å². The van der Waals surface area contributed by atoms with Gasteiger partial charge in [0.05, 0.1) is 5.39 Å². The van der Waals surface area contributed by atoms with Crippen molar-refractivity contribution >= 4 is 39.0 Å². The minimum absolute atomic E-state index is 0.226. The van der Waals surface area contributed by atoms with E-state index in [9.17, 15) is 8.78 Å². The van der Waals surface area contributed by atoms with E-state index in [1.807, 2.05) is 13.0 Å². The first-order valence-corrected chi connectivity index (χ1v) is 6.85. The molecule has 4 N–H and O–H groups in total. The maximum atomic E-state index is 13.3. The van der Waals surface area contributed by atoms with Gasteiger partial charge in [0.2, 0.25) is 5.95 Å². The second-order valence-electron chi connectivity index (χ2n) is 4.40. The van der Waals surface area contributed by atoms with E-state index in [1.54, 1.807) is 0 Å². The number of fused-ring (bicyclic) bond motifs is 1. The number of nitrogens with two attached hydrogens (primary N) is 1. The number of aromatic nitrogens is 2. The van der Waals surface area contributed by atoms with E-state index in [2.05, 4.69) is 20.7 Å². The van der Waals surface area contributed by atoms with Crippen LogP contribution in [0.1, 0.15) is 4.88 Å². The summed E-state index contributed by atoms with van der Waals surface area (Å²) in [4.78, 5) is 10.2. The first kappa shape index (κ1) is 13.7. The number of thiophene rings is 1. The molecule has 2 heterocycles. The van der Waals surface area contributed by atoms with Crippen LogP contribution < -0.4 is 16.6 Å². The lowest BCUT2D eigenvalue weighted by atomic mass is 10.3. The second-order valence-corrected chi connectivity index (χ2v) is 5.63. The summed E-state index contributed by atoms with van der Waals surface area (Å²) in [5, 5.41) is 3.66. The zero-order valence-corrected chi connectivity index (χ0v) is 11.8. The summed E-state index contributed by atoms with van der Waals surface area (Å²) in [5.74, 6) is 4.67. The Morgan fingerprint density at radius 2 is 1.81 bits per heavy atom. The molecule has 0 aliphatic heterocycles. The highest BCUT2D eigenvalue weighted by molar-refractivity contribution is 7.18. The van der Waals surface area contributed by atoms with E-state index in [0.29, 0.717) is 5.82 Å². The van der Waals surface area contributed by atoms with Crippen molar-refractivity contribution in [1.29, 1.82) is 0 Å². The second kappa shape index (κ2) is 5.23. The van der Waals surface area contributed by atoms with Crippen LogP contribution in [0.5, 0.6) is 0 Å². The summed E-state index contributed by atoms with van der Waals surface area (Å²) >= 11 is 1.48. The van der Waals surface area contributed by atoms with E-state index in [-0.39, 0.29) is 11.6 Å². The quantitative estimate of drug-likeness (QED) is 0.511. The SMILES string of the molecule is Cc1cc2c(Nc3cc(F)cc(F)c3)nc(NN)nc2s1. The van der Waals surface area contributed by atoms with Gasteiger partial charge in [0.25, 0.3) is 0 Å². The number of aryl methyl sites for hydroxylation is 1. The molecule has 2 aromatic heterocycles. The van der Waals surface area contributed by atoms with Crippen LogP contribution in [0.15, 0.2) is 24.3 Å². The standard InChI is InChI=1S/C13H11F2N5S/c1-6-2-10-11(18-13(20-16)19-12(10)21-6)17-9-4-7(14)3-8(15)5-9/h2-5H,16H2,1H3,(H2,17,18,19,20). The number of nitrogen functional groups attached to an aromatic ring is 1. The van der Waals surface area contributed by atoms with Gasteiger partial charge in [-0.2, -0.15) is 4.98 Å². The fourth-order valence-corrected chi connectivity index (χ4v) is 2.84. The van der Waals surface area contributed by atoms with Gasteiger partial charge >= 0.3 is 0 Å². The molecule has 108 valence electrons. The van der Waals surface area contributed by atoms with Gasteiger partial charge < -0.3 is 5.32 Å². The third kappa shape index (κ3) is 2.76. The summed E-state index contributed by atoms with van der Waals surface area (Å²) in [6.45, 7) is 1.94. The number of hydrazine groups is 1. The first-order chi connectivity index (χ1) is 10.0. The van der Waals surface area contributed by atoms with Crippen molar-refractivity contribution in [2.45, 2.75) is 6.92 Å². The van der Waals surface area contributed by atoms with E-state index in [4.69, 9.17) is 5.84 Å². The lowest BCUT2D eigenvalue weighted by molar-refractivity contribution is 0.584. The highest BCUT2D eigenvalue weighted by Crippen LogP contribution is 2.31. The monoisotopic (exact) mass is 307 g/mol. The van der Waals surface area contributed by atoms with Crippen molar-refractivity contribution in [3.8, 4) is 0 Å². The van der Waals surface area contributed by atoms with E-state index in [0.717, 1.165) is 21.2 Å². The van der Waals surface area contributed by atoms with Crippen LogP contribution in [-0.2, 0) is 0 Å². The fourth-order valence-electron chi connectivity index (χ4n) is 1.96. The molecule has 0 bridgehead atoms. The van der Waals surface area contributed by atoms with Crippen LogP contribution in [0.4, 0.5) is 26.2 Å². The Balaban J connectivity index is 2.10. The van der Waals surface area contributed by atoms with E-state index < -0.39 is 11.6 Å². The number of hydrogen-bond acceptors (Lipinski definition) is 6. The highest BCUT2D eigenvalue weighted by atomic mass is 32.1. The molecule has 5 nitrogen and oxygen atoms in total. The predicted octanol–water partition coefficient (Wildman–Crippen LogP) is 3.31. The summed E-state index contributed by atoms with van der Waals surface area (Å²) < 4.78 is 26.5. The molecule has 0 atom stereocenters. The lowest BCUT2D eigenvalue weighted by Crippen LogP contribution is -2.11. The van der Waals surface area contributed by atoms with Crippen molar-refractivity contribution < 1.29 is 8.78 Å². The molecular weight excluding hydrogens is 296 g/mol. The molecule has 0 amide bonds. The van der Waals surface area contributed by atoms with Crippen molar-refractivity contribution in [2.24, 2.45) is 5.84 Å². The van der Waals surface area contributed by atoms with Gasteiger partial charge in [0, 0.05) is 16.6 Å². The molecule has 0 fully saturated rings. The topological polar surface area (TPSA) is 75.9 Å². The van der Waals surface area contributed by atoms with Crippen molar-refractivity contribution in [2.75, 3.05) is 10.7 Å². The molecule has 3 aromatic rings. The molecule has 3 rings (SSSR count). The number of benzene rings is 1. The molecule has 0 spiro atoms. The van der Waals surface area contributed by atoms with Crippen LogP contribution >= 0.6 is 11.3 Å². The number of nitrogens with one attached hydrogen (secondary N) is 2. The average Bonchev–Trinajstić information content (AvgIpc) is 2.78. The van der Waals surface area contributed by atoms with Gasteiger partial charge in [0.15, 0.2) is 0 Å². The van der Waals surface area contributed by atoms with Crippen molar-refractivity contribution in [3.63, 3.8) is 0 Å². The Kier molecular flexibility index (Phi) is 3.40. The average molecular weight is 307 g/mol. The molecule has 8 heteroatoms. The number of anilines is 3. The van der Waals surface area contributed by atoms with Gasteiger partial charge in [-0.1, -0.05) is 0 Å². The zero-order valence-electron chi connectivity index (χ0n) is 10.9. The first-order valence-electron chi connectivity index (χ1n) is 6.03. The molecule has 0 aliphatic carbocycles. The number of nitrogens with zero attached hydrogens (tertiary/aromatic N) is 2. The molecular formula is C13H11F2N5S. The smallest absolute Gasteiger partial charge is 0.240 e. The molecule has 0 radical (unpaired) electrons. The van der Waals surface area contributed by atoms with Gasteiger partial charge in [-0.3, -0.25) is 5.43 Å². The summed E-state index contributed by atoms with van der Waals surface area (Å²) in [7, 11) is 0. The molecule has 0 saturated heterocycles. The fraction of sp³-hybridized carbons (Fsp3) is 0.0769. The minimum Gasteiger partial charge on any atom is -0.339 e. The molecule has 1 aromatic carbocycles. The normalized spacial score (nSPS) is 10.9. The summed E-state index contributed by atoms with van der Waals surface area (Å²) in [6, 6.07) is 5.08. The number of rotatable bonds is 3. The lowest BCUT2D eigenvalue weighted by Gasteiger charge is -2.08. The van der Waals surface area contributed by atoms with E-state index >= 15 is 0 Å². The van der Waals surface area contributed by atoms with Gasteiger partial charge in [-0.15, -0.1) is 11.3 Å². The Bertz CT molecular complexity index is 797. The minimum atomic E-state index is -0.665. The Morgan fingerprint density at radius 1 is 1.10 bits per heavy atom. The Morgan fingerprint density at radius 3 is 2.48 bits per heavy atom. The van der Waals surface area contributed by atoms with Crippen LogP contribution in [0, 0.1) is 18.6 Å². The molecule has 0 unspecified atom stereocenters.